The molecule has 3 aromatic rings. The van der Waals surface area contributed by atoms with Crippen molar-refractivity contribution in [1.82, 2.24) is 14.8 Å². The molecular weight excluding hydrogens is 336 g/mol. The number of aryl methyl sites for hydroxylation is 2. The molecule has 2 aromatic heterocycles. The van der Waals surface area contributed by atoms with Crippen LogP contribution in [0.3, 0.4) is 0 Å². The first-order valence-corrected chi connectivity index (χ1v) is 9.91. The van der Waals surface area contributed by atoms with Crippen LogP contribution in [0.25, 0.3) is 11.0 Å². The smallest absolute Gasteiger partial charge is 0.170 e. The number of carbonyl (C=O) groups is 1. The molecule has 140 valence electrons. The summed E-state index contributed by atoms with van der Waals surface area (Å²) in [6, 6.07) is 10.2. The van der Waals surface area contributed by atoms with Crippen LogP contribution in [0.15, 0.2) is 36.5 Å². The minimum atomic E-state index is -0.0268. The number of aromatic nitrogens is 3. The fourth-order valence-electron chi connectivity index (χ4n) is 4.03. The van der Waals surface area contributed by atoms with Gasteiger partial charge in [0.25, 0.3) is 0 Å². The van der Waals surface area contributed by atoms with Crippen LogP contribution >= 0.6 is 0 Å². The van der Waals surface area contributed by atoms with E-state index in [1.807, 2.05) is 22.9 Å². The van der Waals surface area contributed by atoms with Gasteiger partial charge in [-0.1, -0.05) is 50.1 Å². The monoisotopic (exact) mass is 362 g/mol. The first kappa shape index (κ1) is 17.7. The molecule has 0 saturated carbocycles. The lowest BCUT2D eigenvalue weighted by Gasteiger charge is -2.24. The average molecular weight is 362 g/mol. The summed E-state index contributed by atoms with van der Waals surface area (Å²) < 4.78 is 1.93. The van der Waals surface area contributed by atoms with Crippen LogP contribution in [0.4, 0.5) is 5.69 Å². The van der Waals surface area contributed by atoms with Gasteiger partial charge in [0.05, 0.1) is 28.5 Å². The number of fused-ring (bicyclic) bond motifs is 2. The number of pyridine rings is 1. The standard InChI is InChI=1S/C22H26N4O/c1-2-3-7-12-26-22-17(14-24-26)20(23)19-18(25-22)11-10-16(21(19)27)13-15-8-5-4-6-9-15/h4-6,8-9,14,16H,2-3,7,10-13H2,1H3,(H2,23,25). The Morgan fingerprint density at radius 3 is 2.81 bits per heavy atom. The predicted octanol–water partition coefficient (Wildman–Crippen LogP) is 4.19. The van der Waals surface area contributed by atoms with Gasteiger partial charge in [0.15, 0.2) is 11.4 Å². The largest absolute Gasteiger partial charge is 0.397 e. The fraction of sp³-hybridized carbons (Fsp3) is 0.409. The SMILES string of the molecule is CCCCCn1ncc2c(N)c3c(nc21)CCC(Cc1ccccc1)C3=O. The maximum atomic E-state index is 13.2. The van der Waals surface area contributed by atoms with Gasteiger partial charge >= 0.3 is 0 Å². The van der Waals surface area contributed by atoms with Crippen molar-refractivity contribution in [3.05, 3.63) is 53.3 Å². The van der Waals surface area contributed by atoms with E-state index in [1.54, 1.807) is 6.20 Å². The first-order chi connectivity index (χ1) is 13.2. The van der Waals surface area contributed by atoms with E-state index in [0.29, 0.717) is 11.3 Å². The lowest BCUT2D eigenvalue weighted by Crippen LogP contribution is -2.26. The van der Waals surface area contributed by atoms with Gasteiger partial charge in [-0.3, -0.25) is 4.79 Å². The van der Waals surface area contributed by atoms with Crippen molar-refractivity contribution in [2.75, 3.05) is 5.73 Å². The number of Topliss-reactive ketones (excluding diaryl/α,β-unsaturated/α-hetero) is 1. The van der Waals surface area contributed by atoms with Gasteiger partial charge in [-0.15, -0.1) is 0 Å². The molecule has 1 aliphatic rings. The van der Waals surface area contributed by atoms with Crippen LogP contribution in [0, 0.1) is 5.92 Å². The highest BCUT2D eigenvalue weighted by atomic mass is 16.1. The molecule has 1 aromatic carbocycles. The molecule has 0 radical (unpaired) electrons. The van der Waals surface area contributed by atoms with Crippen molar-refractivity contribution >= 4 is 22.5 Å². The second-order valence-corrected chi connectivity index (χ2v) is 7.45. The number of rotatable bonds is 6. The van der Waals surface area contributed by atoms with Crippen molar-refractivity contribution in [1.29, 1.82) is 0 Å². The fourth-order valence-corrected chi connectivity index (χ4v) is 4.03. The molecule has 0 spiro atoms. The Kier molecular flexibility index (Phi) is 4.92. The van der Waals surface area contributed by atoms with E-state index < -0.39 is 0 Å². The molecule has 0 amide bonds. The molecular formula is C22H26N4O. The van der Waals surface area contributed by atoms with Crippen molar-refractivity contribution < 1.29 is 4.79 Å². The van der Waals surface area contributed by atoms with Crippen LogP contribution in [-0.2, 0) is 19.4 Å². The number of hydrogen-bond acceptors (Lipinski definition) is 4. The summed E-state index contributed by atoms with van der Waals surface area (Å²) in [5, 5.41) is 5.28. The Labute approximate surface area is 159 Å². The summed E-state index contributed by atoms with van der Waals surface area (Å²) in [4.78, 5) is 18.0. The van der Waals surface area contributed by atoms with Gasteiger partial charge in [0, 0.05) is 12.5 Å². The highest BCUT2D eigenvalue weighted by Crippen LogP contribution is 2.34. The summed E-state index contributed by atoms with van der Waals surface area (Å²) in [6.45, 7) is 3.03. The normalized spacial score (nSPS) is 16.6. The topological polar surface area (TPSA) is 73.8 Å². The average Bonchev–Trinajstić information content (AvgIpc) is 3.08. The number of benzene rings is 1. The third-order valence-electron chi connectivity index (χ3n) is 5.55. The minimum absolute atomic E-state index is 0.0268. The maximum Gasteiger partial charge on any atom is 0.170 e. The quantitative estimate of drug-likeness (QED) is 0.667. The van der Waals surface area contributed by atoms with Crippen LogP contribution in [0.5, 0.6) is 0 Å². The van der Waals surface area contributed by atoms with E-state index in [4.69, 9.17) is 10.7 Å². The van der Waals surface area contributed by atoms with Crippen molar-refractivity contribution in [2.24, 2.45) is 5.92 Å². The number of nitrogens with zero attached hydrogens (tertiary/aromatic N) is 3. The molecule has 2 N–H and O–H groups in total. The third-order valence-corrected chi connectivity index (χ3v) is 5.55. The highest BCUT2D eigenvalue weighted by molar-refractivity contribution is 6.09. The van der Waals surface area contributed by atoms with E-state index >= 15 is 0 Å². The minimum Gasteiger partial charge on any atom is -0.397 e. The molecule has 0 bridgehead atoms. The van der Waals surface area contributed by atoms with Crippen molar-refractivity contribution in [3.8, 4) is 0 Å². The van der Waals surface area contributed by atoms with Crippen molar-refractivity contribution in [3.63, 3.8) is 0 Å². The number of carbonyl (C=O) groups excluding carboxylic acids is 1. The Morgan fingerprint density at radius 2 is 2.04 bits per heavy atom. The van der Waals surface area contributed by atoms with Gasteiger partial charge in [0.2, 0.25) is 0 Å². The Bertz CT molecular complexity index is 961. The molecule has 27 heavy (non-hydrogen) atoms. The number of nitrogens with two attached hydrogens (primary N) is 1. The number of nitrogen functional groups attached to an aromatic ring is 1. The van der Waals surface area contributed by atoms with Gasteiger partial charge < -0.3 is 5.73 Å². The lowest BCUT2D eigenvalue weighted by atomic mass is 9.81. The molecule has 0 aliphatic heterocycles. The molecule has 5 nitrogen and oxygen atoms in total. The first-order valence-electron chi connectivity index (χ1n) is 9.91. The molecule has 1 aliphatic carbocycles. The second kappa shape index (κ2) is 7.51. The Balaban J connectivity index is 1.65. The van der Waals surface area contributed by atoms with Gasteiger partial charge in [-0.2, -0.15) is 5.10 Å². The summed E-state index contributed by atoms with van der Waals surface area (Å²) in [7, 11) is 0. The number of ketones is 1. The zero-order chi connectivity index (χ0) is 18.8. The number of anilines is 1. The number of hydrogen-bond donors (Lipinski definition) is 1. The molecule has 1 unspecified atom stereocenters. The van der Waals surface area contributed by atoms with E-state index in [1.165, 1.54) is 18.4 Å². The maximum absolute atomic E-state index is 13.2. The summed E-state index contributed by atoms with van der Waals surface area (Å²) in [5.74, 6) is 0.104. The molecule has 0 saturated heterocycles. The zero-order valence-electron chi connectivity index (χ0n) is 15.8. The summed E-state index contributed by atoms with van der Waals surface area (Å²) in [5.41, 5.74) is 10.5. The third kappa shape index (κ3) is 3.34. The van der Waals surface area contributed by atoms with Gasteiger partial charge in [0.1, 0.15) is 0 Å². The number of unbranched alkanes of at least 4 members (excludes halogenated alkanes) is 2. The van der Waals surface area contributed by atoms with Crippen LogP contribution < -0.4 is 5.73 Å². The van der Waals surface area contributed by atoms with Crippen LogP contribution in [0.2, 0.25) is 0 Å². The Hall–Kier alpha value is -2.69. The van der Waals surface area contributed by atoms with Crippen molar-refractivity contribution in [2.45, 2.75) is 52.0 Å². The summed E-state index contributed by atoms with van der Waals surface area (Å²) in [6.07, 6.45) is 7.54. The molecule has 0 fully saturated rings. The van der Waals surface area contributed by atoms with E-state index in [0.717, 1.165) is 49.0 Å². The predicted molar refractivity (Wildman–Crippen MR) is 108 cm³/mol. The Morgan fingerprint density at radius 1 is 1.22 bits per heavy atom. The van der Waals surface area contributed by atoms with E-state index in [2.05, 4.69) is 24.2 Å². The van der Waals surface area contributed by atoms with Gasteiger partial charge in [-0.25, -0.2) is 9.67 Å². The van der Waals surface area contributed by atoms with Gasteiger partial charge in [-0.05, 0) is 31.2 Å². The highest BCUT2D eigenvalue weighted by Gasteiger charge is 2.32. The molecule has 2 heterocycles. The second-order valence-electron chi connectivity index (χ2n) is 7.45. The lowest BCUT2D eigenvalue weighted by molar-refractivity contribution is 0.0901. The molecule has 5 heteroatoms. The van der Waals surface area contributed by atoms with E-state index in [9.17, 15) is 4.79 Å². The molecule has 1 atom stereocenters. The van der Waals surface area contributed by atoms with Crippen LogP contribution in [0.1, 0.15) is 54.2 Å². The summed E-state index contributed by atoms with van der Waals surface area (Å²) >= 11 is 0. The zero-order valence-corrected chi connectivity index (χ0v) is 15.8. The van der Waals surface area contributed by atoms with Crippen LogP contribution in [-0.4, -0.2) is 20.5 Å². The van der Waals surface area contributed by atoms with E-state index in [-0.39, 0.29) is 11.7 Å². The molecule has 4 rings (SSSR count).